The van der Waals surface area contributed by atoms with E-state index in [2.05, 4.69) is 11.2 Å². The SMILES string of the molecule is C#CCC(C)N1C(=O)NC(=O)C(c2ccc(F)cc2)C1=O. The highest BCUT2D eigenvalue weighted by atomic mass is 19.1. The number of benzene rings is 1. The molecule has 108 valence electrons. The zero-order chi connectivity index (χ0) is 15.6. The monoisotopic (exact) mass is 288 g/mol. The topological polar surface area (TPSA) is 66.5 Å². The van der Waals surface area contributed by atoms with Crippen LogP contribution < -0.4 is 5.32 Å². The number of barbiturate groups is 1. The first kappa shape index (κ1) is 14.7. The van der Waals surface area contributed by atoms with Crippen LogP contribution >= 0.6 is 0 Å². The third kappa shape index (κ3) is 2.77. The van der Waals surface area contributed by atoms with Gasteiger partial charge >= 0.3 is 6.03 Å². The van der Waals surface area contributed by atoms with Gasteiger partial charge in [-0.25, -0.2) is 9.18 Å². The van der Waals surface area contributed by atoms with Crippen molar-refractivity contribution >= 4 is 17.8 Å². The molecule has 0 radical (unpaired) electrons. The zero-order valence-corrected chi connectivity index (χ0v) is 11.3. The minimum atomic E-state index is -1.18. The van der Waals surface area contributed by atoms with Gasteiger partial charge in [0.05, 0.1) is 0 Å². The van der Waals surface area contributed by atoms with Gasteiger partial charge in [-0.3, -0.25) is 19.8 Å². The Morgan fingerprint density at radius 1 is 1.33 bits per heavy atom. The van der Waals surface area contributed by atoms with Gasteiger partial charge in [-0.2, -0.15) is 0 Å². The Morgan fingerprint density at radius 3 is 2.52 bits per heavy atom. The molecule has 6 heteroatoms. The minimum Gasteiger partial charge on any atom is -0.277 e. The van der Waals surface area contributed by atoms with Crippen molar-refractivity contribution in [3.05, 3.63) is 35.6 Å². The van der Waals surface area contributed by atoms with Crippen LogP contribution in [0.5, 0.6) is 0 Å². The number of rotatable bonds is 3. The Bertz CT molecular complexity index is 633. The average molecular weight is 288 g/mol. The predicted octanol–water partition coefficient (Wildman–Crippen LogP) is 1.40. The van der Waals surface area contributed by atoms with Crippen LogP contribution in [-0.4, -0.2) is 28.8 Å². The van der Waals surface area contributed by atoms with Gasteiger partial charge in [-0.1, -0.05) is 12.1 Å². The second-order valence-electron chi connectivity index (χ2n) is 4.74. The summed E-state index contributed by atoms with van der Waals surface area (Å²) >= 11 is 0. The van der Waals surface area contributed by atoms with E-state index in [0.717, 1.165) is 17.0 Å². The van der Waals surface area contributed by atoms with E-state index < -0.39 is 35.6 Å². The molecule has 2 atom stereocenters. The molecule has 1 aliphatic rings. The predicted molar refractivity (Wildman–Crippen MR) is 72.4 cm³/mol. The molecule has 1 N–H and O–H groups in total. The largest absolute Gasteiger partial charge is 0.331 e. The fourth-order valence-electron chi connectivity index (χ4n) is 2.22. The van der Waals surface area contributed by atoms with Crippen LogP contribution in [0.25, 0.3) is 0 Å². The summed E-state index contributed by atoms with van der Waals surface area (Å²) in [6.45, 7) is 1.62. The van der Waals surface area contributed by atoms with Crippen LogP contribution in [0.15, 0.2) is 24.3 Å². The van der Waals surface area contributed by atoms with Gasteiger partial charge in [-0.05, 0) is 24.6 Å². The highest BCUT2D eigenvalue weighted by molar-refractivity contribution is 6.19. The number of imide groups is 2. The molecule has 1 aliphatic heterocycles. The van der Waals surface area contributed by atoms with Gasteiger partial charge in [-0.15, -0.1) is 12.3 Å². The van der Waals surface area contributed by atoms with E-state index in [4.69, 9.17) is 6.42 Å². The number of carbonyl (C=O) groups excluding carboxylic acids is 3. The summed E-state index contributed by atoms with van der Waals surface area (Å²) in [5.74, 6) is -0.658. The number of amides is 4. The molecule has 0 aromatic heterocycles. The third-order valence-corrected chi connectivity index (χ3v) is 3.25. The maximum absolute atomic E-state index is 12.9. The third-order valence-electron chi connectivity index (χ3n) is 3.25. The van der Waals surface area contributed by atoms with Crippen molar-refractivity contribution < 1.29 is 18.8 Å². The Kier molecular flexibility index (Phi) is 4.03. The average Bonchev–Trinajstić information content (AvgIpc) is 2.40. The maximum atomic E-state index is 12.9. The first-order valence-corrected chi connectivity index (χ1v) is 6.32. The Labute approximate surface area is 121 Å². The normalized spacial score (nSPS) is 20.0. The summed E-state index contributed by atoms with van der Waals surface area (Å²) in [6.07, 6.45) is 5.37. The summed E-state index contributed by atoms with van der Waals surface area (Å²) < 4.78 is 12.9. The zero-order valence-electron chi connectivity index (χ0n) is 11.3. The van der Waals surface area contributed by atoms with E-state index in [0.29, 0.717) is 5.56 Å². The quantitative estimate of drug-likeness (QED) is 0.675. The number of hydrogen-bond acceptors (Lipinski definition) is 3. The molecule has 1 saturated heterocycles. The highest BCUT2D eigenvalue weighted by Gasteiger charge is 2.43. The standard InChI is InChI=1S/C15H13FN2O3/c1-3-4-9(2)18-14(20)12(13(19)17-15(18)21)10-5-7-11(16)8-6-10/h1,5-9,12H,4H2,2H3,(H,17,19,21). The van der Waals surface area contributed by atoms with Crippen molar-refractivity contribution in [3.8, 4) is 12.3 Å². The molecule has 1 fully saturated rings. The summed E-state index contributed by atoms with van der Waals surface area (Å²) in [5.41, 5.74) is 0.323. The molecule has 4 amide bonds. The molecular weight excluding hydrogens is 275 g/mol. The summed E-state index contributed by atoms with van der Waals surface area (Å²) in [5, 5.41) is 2.13. The van der Waals surface area contributed by atoms with Crippen LogP contribution in [0.3, 0.4) is 0 Å². The number of nitrogens with one attached hydrogen (secondary N) is 1. The molecule has 2 rings (SSSR count). The van der Waals surface area contributed by atoms with Crippen LogP contribution in [0, 0.1) is 18.2 Å². The van der Waals surface area contributed by atoms with E-state index in [1.165, 1.54) is 12.1 Å². The summed E-state index contributed by atoms with van der Waals surface area (Å²) in [4.78, 5) is 37.1. The molecule has 0 aliphatic carbocycles. The fraction of sp³-hybridized carbons (Fsp3) is 0.267. The molecular formula is C15H13FN2O3. The molecule has 1 aromatic carbocycles. The first-order chi connectivity index (χ1) is 9.95. The lowest BCUT2D eigenvalue weighted by atomic mass is 9.94. The van der Waals surface area contributed by atoms with E-state index >= 15 is 0 Å². The van der Waals surface area contributed by atoms with Crippen molar-refractivity contribution in [2.75, 3.05) is 0 Å². The van der Waals surface area contributed by atoms with Crippen LogP contribution in [0.1, 0.15) is 24.8 Å². The number of urea groups is 1. The highest BCUT2D eigenvalue weighted by Crippen LogP contribution is 2.24. The number of terminal acetylenes is 1. The molecule has 0 bridgehead atoms. The molecule has 0 saturated carbocycles. The lowest BCUT2D eigenvalue weighted by molar-refractivity contribution is -0.139. The van der Waals surface area contributed by atoms with Crippen LogP contribution in [0.4, 0.5) is 9.18 Å². The first-order valence-electron chi connectivity index (χ1n) is 6.32. The Hall–Kier alpha value is -2.68. The van der Waals surface area contributed by atoms with Gasteiger partial charge in [0.25, 0.3) is 0 Å². The molecule has 2 unspecified atom stereocenters. The van der Waals surface area contributed by atoms with Crippen molar-refractivity contribution in [1.29, 1.82) is 0 Å². The van der Waals surface area contributed by atoms with E-state index in [9.17, 15) is 18.8 Å². The minimum absolute atomic E-state index is 0.184. The van der Waals surface area contributed by atoms with Crippen molar-refractivity contribution in [2.24, 2.45) is 0 Å². The van der Waals surface area contributed by atoms with Gasteiger partial charge in [0.1, 0.15) is 11.7 Å². The molecule has 0 spiro atoms. The smallest absolute Gasteiger partial charge is 0.277 e. The number of nitrogens with zero attached hydrogens (tertiary/aromatic N) is 1. The fourth-order valence-corrected chi connectivity index (χ4v) is 2.22. The Morgan fingerprint density at radius 2 is 1.95 bits per heavy atom. The second-order valence-corrected chi connectivity index (χ2v) is 4.74. The second kappa shape index (κ2) is 5.75. The van der Waals surface area contributed by atoms with Crippen LogP contribution in [-0.2, 0) is 9.59 Å². The maximum Gasteiger partial charge on any atom is 0.331 e. The van der Waals surface area contributed by atoms with Gasteiger partial charge in [0.15, 0.2) is 0 Å². The van der Waals surface area contributed by atoms with Crippen LogP contribution in [0.2, 0.25) is 0 Å². The molecule has 1 aromatic rings. The Balaban J connectivity index is 2.35. The molecule has 1 heterocycles. The molecule has 5 nitrogen and oxygen atoms in total. The number of halogens is 1. The number of carbonyl (C=O) groups is 3. The van der Waals surface area contributed by atoms with E-state index in [-0.39, 0.29) is 6.42 Å². The van der Waals surface area contributed by atoms with Gasteiger partial charge in [0.2, 0.25) is 11.8 Å². The number of hydrogen-bond donors (Lipinski definition) is 1. The molecule has 21 heavy (non-hydrogen) atoms. The van der Waals surface area contributed by atoms with E-state index in [1.54, 1.807) is 6.92 Å². The van der Waals surface area contributed by atoms with Crippen molar-refractivity contribution in [2.45, 2.75) is 25.3 Å². The summed E-state index contributed by atoms with van der Waals surface area (Å²) in [7, 11) is 0. The summed E-state index contributed by atoms with van der Waals surface area (Å²) in [6, 6.07) is 3.68. The van der Waals surface area contributed by atoms with Gasteiger partial charge < -0.3 is 0 Å². The van der Waals surface area contributed by atoms with Crippen molar-refractivity contribution in [3.63, 3.8) is 0 Å². The lowest BCUT2D eigenvalue weighted by Gasteiger charge is -2.33. The van der Waals surface area contributed by atoms with Crippen molar-refractivity contribution in [1.82, 2.24) is 10.2 Å². The lowest BCUT2D eigenvalue weighted by Crippen LogP contribution is -2.59. The van der Waals surface area contributed by atoms with E-state index in [1.807, 2.05) is 0 Å². The van der Waals surface area contributed by atoms with Gasteiger partial charge in [0, 0.05) is 12.5 Å².